The number of aliphatic hydroxyl groups excluding tert-OH is 2. The van der Waals surface area contributed by atoms with E-state index in [1.807, 2.05) is 30.3 Å². The van der Waals surface area contributed by atoms with Gasteiger partial charge in [0.05, 0.1) is 32.1 Å². The van der Waals surface area contributed by atoms with Gasteiger partial charge in [0.25, 0.3) is 5.91 Å². The van der Waals surface area contributed by atoms with Crippen LogP contribution < -0.4 is 0 Å². The van der Waals surface area contributed by atoms with Crippen LogP contribution in [-0.2, 0) is 16.1 Å². The molecule has 0 aliphatic carbocycles. The largest absolute Gasteiger partial charge is 0.464 e. The van der Waals surface area contributed by atoms with E-state index in [2.05, 4.69) is 10.3 Å². The van der Waals surface area contributed by atoms with Crippen molar-refractivity contribution in [1.29, 1.82) is 0 Å². The first-order chi connectivity index (χ1) is 13.5. The zero-order chi connectivity index (χ0) is 20.1. The van der Waals surface area contributed by atoms with Gasteiger partial charge in [0, 0.05) is 5.75 Å². The highest BCUT2D eigenvalue weighted by Crippen LogP contribution is 2.42. The standard InChI is InChI=1S/C18H22N4O5S/c1-2-27-18(26)15-11-28-17(12-6-4-3-5-7-12)22(15)16(25)14-9-21(20-19-14)8-13(24)10-23/h3-7,9,13,15,17,23-24H,2,8,10-11H2,1H3/t13?,15-,17?/m0/s1. The molecule has 10 heteroatoms. The lowest BCUT2D eigenvalue weighted by atomic mass is 10.1. The minimum absolute atomic E-state index is 0.00888. The summed E-state index contributed by atoms with van der Waals surface area (Å²) in [5, 5.41) is 25.8. The number of aliphatic hydroxyl groups is 2. The molecule has 1 saturated heterocycles. The van der Waals surface area contributed by atoms with Crippen molar-refractivity contribution in [1.82, 2.24) is 19.9 Å². The summed E-state index contributed by atoms with van der Waals surface area (Å²) in [4.78, 5) is 27.1. The van der Waals surface area contributed by atoms with Crippen LogP contribution in [0.2, 0.25) is 0 Å². The number of esters is 1. The smallest absolute Gasteiger partial charge is 0.329 e. The third-order valence-corrected chi connectivity index (χ3v) is 5.57. The Hall–Kier alpha value is -2.43. The maximum Gasteiger partial charge on any atom is 0.329 e. The summed E-state index contributed by atoms with van der Waals surface area (Å²) in [6, 6.07) is 8.72. The number of benzene rings is 1. The third kappa shape index (κ3) is 4.34. The SMILES string of the molecule is CCOC(=O)[C@@H]1CSC(c2ccccc2)N1C(=O)c1cn(CC(O)CO)nn1. The first-order valence-corrected chi connectivity index (χ1v) is 9.95. The summed E-state index contributed by atoms with van der Waals surface area (Å²) in [5.41, 5.74) is 0.957. The Morgan fingerprint density at radius 1 is 1.36 bits per heavy atom. The van der Waals surface area contributed by atoms with E-state index >= 15 is 0 Å². The lowest BCUT2D eigenvalue weighted by Crippen LogP contribution is -2.44. The molecule has 1 fully saturated rings. The summed E-state index contributed by atoms with van der Waals surface area (Å²) in [6.45, 7) is 1.54. The fraction of sp³-hybridized carbons (Fsp3) is 0.444. The van der Waals surface area contributed by atoms with Crippen LogP contribution in [0.4, 0.5) is 0 Å². The second-order valence-corrected chi connectivity index (χ2v) is 7.35. The molecule has 2 unspecified atom stereocenters. The highest BCUT2D eigenvalue weighted by atomic mass is 32.2. The molecular formula is C18H22N4O5S. The lowest BCUT2D eigenvalue weighted by Gasteiger charge is -2.27. The van der Waals surface area contributed by atoms with Gasteiger partial charge in [0.2, 0.25) is 0 Å². The second kappa shape index (κ2) is 9.18. The highest BCUT2D eigenvalue weighted by molar-refractivity contribution is 7.99. The van der Waals surface area contributed by atoms with E-state index < -0.39 is 30.6 Å². The summed E-state index contributed by atoms with van der Waals surface area (Å²) in [6.07, 6.45) is 0.394. The van der Waals surface area contributed by atoms with Crippen LogP contribution >= 0.6 is 11.8 Å². The number of hydrogen-bond acceptors (Lipinski definition) is 8. The summed E-state index contributed by atoms with van der Waals surface area (Å²) in [5.74, 6) is -0.479. The Morgan fingerprint density at radius 2 is 2.11 bits per heavy atom. The van der Waals surface area contributed by atoms with Crippen molar-refractivity contribution in [2.75, 3.05) is 19.0 Å². The topological polar surface area (TPSA) is 118 Å². The lowest BCUT2D eigenvalue weighted by molar-refractivity contribution is -0.147. The van der Waals surface area contributed by atoms with Gasteiger partial charge >= 0.3 is 5.97 Å². The van der Waals surface area contributed by atoms with Gasteiger partial charge in [-0.1, -0.05) is 35.5 Å². The number of ether oxygens (including phenoxy) is 1. The molecule has 0 radical (unpaired) electrons. The molecular weight excluding hydrogens is 384 g/mol. The van der Waals surface area contributed by atoms with Crippen molar-refractivity contribution < 1.29 is 24.5 Å². The number of rotatable bonds is 7. The number of carbonyl (C=O) groups excluding carboxylic acids is 2. The average molecular weight is 406 g/mol. The third-order valence-electron chi connectivity index (χ3n) is 4.24. The Morgan fingerprint density at radius 3 is 2.79 bits per heavy atom. The number of amides is 1. The van der Waals surface area contributed by atoms with Crippen LogP contribution in [0.25, 0.3) is 0 Å². The molecule has 1 amide bonds. The number of thioether (sulfide) groups is 1. The predicted octanol–water partition coefficient (Wildman–Crippen LogP) is 0.451. The van der Waals surface area contributed by atoms with Crippen molar-refractivity contribution in [2.45, 2.75) is 31.0 Å². The molecule has 2 heterocycles. The minimum Gasteiger partial charge on any atom is -0.464 e. The molecule has 9 nitrogen and oxygen atoms in total. The van der Waals surface area contributed by atoms with Crippen molar-refractivity contribution in [3.05, 3.63) is 47.8 Å². The molecule has 0 bridgehead atoms. The zero-order valence-corrected chi connectivity index (χ0v) is 16.2. The molecule has 28 heavy (non-hydrogen) atoms. The second-order valence-electron chi connectivity index (χ2n) is 6.24. The fourth-order valence-corrected chi connectivity index (χ4v) is 4.35. The van der Waals surface area contributed by atoms with Gasteiger partial charge in [-0.05, 0) is 12.5 Å². The van der Waals surface area contributed by atoms with Gasteiger partial charge in [-0.3, -0.25) is 4.79 Å². The van der Waals surface area contributed by atoms with Gasteiger partial charge in [-0.15, -0.1) is 16.9 Å². The molecule has 0 saturated carbocycles. The van der Waals surface area contributed by atoms with Gasteiger partial charge in [0.15, 0.2) is 5.69 Å². The summed E-state index contributed by atoms with van der Waals surface area (Å²) in [7, 11) is 0. The molecule has 150 valence electrons. The fourth-order valence-electron chi connectivity index (χ4n) is 2.94. The Labute approximate surface area is 166 Å². The van der Waals surface area contributed by atoms with Crippen LogP contribution in [0.1, 0.15) is 28.3 Å². The van der Waals surface area contributed by atoms with E-state index in [1.165, 1.54) is 27.5 Å². The minimum atomic E-state index is -1.00. The molecule has 1 aromatic heterocycles. The van der Waals surface area contributed by atoms with Crippen LogP contribution in [0, 0.1) is 0 Å². The van der Waals surface area contributed by atoms with E-state index in [1.54, 1.807) is 6.92 Å². The zero-order valence-electron chi connectivity index (χ0n) is 15.3. The first kappa shape index (κ1) is 20.3. The van der Waals surface area contributed by atoms with Gasteiger partial charge < -0.3 is 19.8 Å². The Balaban J connectivity index is 1.88. The predicted molar refractivity (Wildman–Crippen MR) is 101 cm³/mol. The molecule has 1 aliphatic rings. The monoisotopic (exact) mass is 406 g/mol. The maximum atomic E-state index is 13.2. The maximum absolute atomic E-state index is 13.2. The number of hydrogen-bond donors (Lipinski definition) is 2. The van der Waals surface area contributed by atoms with E-state index in [0.29, 0.717) is 5.75 Å². The van der Waals surface area contributed by atoms with E-state index in [9.17, 15) is 14.7 Å². The van der Waals surface area contributed by atoms with E-state index in [0.717, 1.165) is 5.56 Å². The number of aromatic nitrogens is 3. The van der Waals surface area contributed by atoms with Gasteiger partial charge in [-0.2, -0.15) is 0 Å². The molecule has 1 aliphatic heterocycles. The normalized spacial score (nSPS) is 20.2. The molecule has 0 spiro atoms. The summed E-state index contributed by atoms with van der Waals surface area (Å²) >= 11 is 1.49. The van der Waals surface area contributed by atoms with E-state index in [-0.39, 0.29) is 24.2 Å². The molecule has 2 N–H and O–H groups in total. The van der Waals surface area contributed by atoms with Crippen LogP contribution in [0.3, 0.4) is 0 Å². The van der Waals surface area contributed by atoms with Crippen LogP contribution in [0.15, 0.2) is 36.5 Å². The van der Waals surface area contributed by atoms with Gasteiger partial charge in [0.1, 0.15) is 11.4 Å². The van der Waals surface area contributed by atoms with Crippen molar-refractivity contribution >= 4 is 23.6 Å². The molecule has 1 aromatic carbocycles. The highest BCUT2D eigenvalue weighted by Gasteiger charge is 2.44. The van der Waals surface area contributed by atoms with E-state index in [4.69, 9.17) is 9.84 Å². The van der Waals surface area contributed by atoms with Gasteiger partial charge in [-0.25, -0.2) is 9.48 Å². The molecule has 2 aromatic rings. The van der Waals surface area contributed by atoms with Crippen molar-refractivity contribution in [2.24, 2.45) is 0 Å². The van der Waals surface area contributed by atoms with Crippen LogP contribution in [-0.4, -0.2) is 73.1 Å². The number of nitrogens with zero attached hydrogens (tertiary/aromatic N) is 4. The Kier molecular flexibility index (Phi) is 6.65. The molecule has 3 rings (SSSR count). The molecule has 3 atom stereocenters. The quantitative estimate of drug-likeness (QED) is 0.637. The first-order valence-electron chi connectivity index (χ1n) is 8.90. The number of carbonyl (C=O) groups is 2. The Bertz CT molecular complexity index is 815. The summed E-state index contributed by atoms with van der Waals surface area (Å²) < 4.78 is 6.44. The average Bonchev–Trinajstić information content (AvgIpc) is 3.35. The van der Waals surface area contributed by atoms with Crippen molar-refractivity contribution in [3.8, 4) is 0 Å². The van der Waals surface area contributed by atoms with Crippen LogP contribution in [0.5, 0.6) is 0 Å². The van der Waals surface area contributed by atoms with Crippen molar-refractivity contribution in [3.63, 3.8) is 0 Å².